The maximum Gasteiger partial charge on any atom is 0.306 e. The number of carboxylic acid groups (broad SMARTS) is 1. The van der Waals surface area contributed by atoms with Crippen molar-refractivity contribution < 1.29 is 24.5 Å². The highest BCUT2D eigenvalue weighted by Gasteiger charge is 2.23. The van der Waals surface area contributed by atoms with Crippen molar-refractivity contribution in [2.75, 3.05) is 0 Å². The Morgan fingerprint density at radius 2 is 2.19 bits per heavy atom. The highest BCUT2D eigenvalue weighted by molar-refractivity contribution is 5.67. The van der Waals surface area contributed by atoms with Gasteiger partial charge < -0.3 is 15.3 Å². The number of halogens is 1. The molecule has 0 amide bonds. The SMILES string of the molecule is Cc1cnc(F)cc1C(O)C(O)CC(=O)O. The van der Waals surface area contributed by atoms with Crippen molar-refractivity contribution in [1.82, 2.24) is 4.98 Å². The minimum atomic E-state index is -1.47. The summed E-state index contributed by atoms with van der Waals surface area (Å²) >= 11 is 0. The fourth-order valence-electron chi connectivity index (χ4n) is 1.33. The van der Waals surface area contributed by atoms with E-state index in [0.717, 1.165) is 6.07 Å². The number of aliphatic carboxylic acids is 1. The van der Waals surface area contributed by atoms with Crippen LogP contribution in [0.25, 0.3) is 0 Å². The van der Waals surface area contributed by atoms with Crippen LogP contribution in [0.5, 0.6) is 0 Å². The molecular formula is C10H12FNO4. The van der Waals surface area contributed by atoms with Crippen molar-refractivity contribution in [3.05, 3.63) is 29.3 Å². The molecule has 16 heavy (non-hydrogen) atoms. The van der Waals surface area contributed by atoms with Crippen molar-refractivity contribution >= 4 is 5.97 Å². The average molecular weight is 229 g/mol. The first-order chi connectivity index (χ1) is 7.41. The first kappa shape index (κ1) is 12.5. The number of carboxylic acids is 1. The monoisotopic (exact) mass is 229 g/mol. The number of aliphatic hydroxyl groups is 2. The zero-order valence-electron chi connectivity index (χ0n) is 8.59. The summed E-state index contributed by atoms with van der Waals surface area (Å²) in [5, 5.41) is 27.5. The van der Waals surface area contributed by atoms with Crippen molar-refractivity contribution in [2.24, 2.45) is 0 Å². The summed E-state index contributed by atoms with van der Waals surface area (Å²) in [6.07, 6.45) is -2.31. The fraction of sp³-hybridized carbons (Fsp3) is 0.400. The molecule has 1 rings (SSSR count). The van der Waals surface area contributed by atoms with E-state index in [1.807, 2.05) is 0 Å². The van der Waals surface area contributed by atoms with Gasteiger partial charge >= 0.3 is 5.97 Å². The third kappa shape index (κ3) is 2.98. The van der Waals surface area contributed by atoms with Gasteiger partial charge in [0, 0.05) is 6.20 Å². The van der Waals surface area contributed by atoms with Crippen molar-refractivity contribution in [1.29, 1.82) is 0 Å². The van der Waals surface area contributed by atoms with E-state index in [9.17, 15) is 19.4 Å². The molecule has 0 aromatic carbocycles. The minimum absolute atomic E-state index is 0.140. The molecular weight excluding hydrogens is 217 g/mol. The van der Waals surface area contributed by atoms with Gasteiger partial charge in [-0.25, -0.2) is 4.98 Å². The van der Waals surface area contributed by atoms with Gasteiger partial charge in [0.1, 0.15) is 6.10 Å². The summed E-state index contributed by atoms with van der Waals surface area (Å²) in [5.41, 5.74) is 0.625. The predicted octanol–water partition coefficient (Wildman–Crippen LogP) is 0.398. The van der Waals surface area contributed by atoms with E-state index in [1.165, 1.54) is 6.20 Å². The van der Waals surface area contributed by atoms with Gasteiger partial charge in [0.25, 0.3) is 0 Å². The Hall–Kier alpha value is -1.53. The third-order valence-corrected chi connectivity index (χ3v) is 2.18. The number of aliphatic hydroxyl groups excluding tert-OH is 2. The second kappa shape index (κ2) is 5.00. The topological polar surface area (TPSA) is 90.7 Å². The minimum Gasteiger partial charge on any atom is -0.481 e. The van der Waals surface area contributed by atoms with Gasteiger partial charge in [-0.1, -0.05) is 0 Å². The van der Waals surface area contributed by atoms with E-state index in [0.29, 0.717) is 5.56 Å². The van der Waals surface area contributed by atoms with Crippen molar-refractivity contribution in [3.63, 3.8) is 0 Å². The van der Waals surface area contributed by atoms with E-state index in [4.69, 9.17) is 5.11 Å². The summed E-state index contributed by atoms with van der Waals surface area (Å²) in [5.74, 6) is -2.03. The van der Waals surface area contributed by atoms with Crippen LogP contribution in [-0.4, -0.2) is 32.4 Å². The molecule has 0 fully saturated rings. The molecule has 0 spiro atoms. The van der Waals surface area contributed by atoms with Crippen LogP contribution in [0.1, 0.15) is 23.7 Å². The molecule has 5 nitrogen and oxygen atoms in total. The molecule has 6 heteroatoms. The van der Waals surface area contributed by atoms with Gasteiger partial charge in [0.05, 0.1) is 12.5 Å². The van der Waals surface area contributed by atoms with E-state index < -0.39 is 30.5 Å². The zero-order valence-corrected chi connectivity index (χ0v) is 8.59. The lowest BCUT2D eigenvalue weighted by Gasteiger charge is -2.18. The Balaban J connectivity index is 2.90. The highest BCUT2D eigenvalue weighted by atomic mass is 19.1. The normalized spacial score (nSPS) is 14.5. The lowest BCUT2D eigenvalue weighted by atomic mass is 9.99. The van der Waals surface area contributed by atoms with Crippen LogP contribution < -0.4 is 0 Å². The van der Waals surface area contributed by atoms with Crippen LogP contribution in [0.3, 0.4) is 0 Å². The summed E-state index contributed by atoms with van der Waals surface area (Å²) in [7, 11) is 0. The Morgan fingerprint density at radius 1 is 1.56 bits per heavy atom. The maximum atomic E-state index is 12.8. The summed E-state index contributed by atoms with van der Waals surface area (Å²) in [6.45, 7) is 1.58. The molecule has 88 valence electrons. The molecule has 0 aliphatic heterocycles. The highest BCUT2D eigenvalue weighted by Crippen LogP contribution is 2.22. The molecule has 2 unspecified atom stereocenters. The average Bonchev–Trinajstić information content (AvgIpc) is 2.19. The Bertz CT molecular complexity index is 396. The molecule has 2 atom stereocenters. The molecule has 1 heterocycles. The lowest BCUT2D eigenvalue weighted by Crippen LogP contribution is -2.22. The number of nitrogens with zero attached hydrogens (tertiary/aromatic N) is 1. The summed E-state index contributed by atoms with van der Waals surface area (Å²) in [4.78, 5) is 13.7. The predicted molar refractivity (Wildman–Crippen MR) is 52.2 cm³/mol. The summed E-state index contributed by atoms with van der Waals surface area (Å²) in [6, 6.07) is 0.977. The van der Waals surface area contributed by atoms with Gasteiger partial charge in [-0.15, -0.1) is 0 Å². The molecule has 0 bridgehead atoms. The van der Waals surface area contributed by atoms with Gasteiger partial charge in [-0.3, -0.25) is 4.79 Å². The van der Waals surface area contributed by atoms with E-state index in [1.54, 1.807) is 6.92 Å². The van der Waals surface area contributed by atoms with E-state index in [2.05, 4.69) is 4.98 Å². The molecule has 0 aliphatic rings. The molecule has 0 saturated heterocycles. The second-order valence-corrected chi connectivity index (χ2v) is 3.47. The molecule has 3 N–H and O–H groups in total. The Kier molecular flexibility index (Phi) is 3.92. The molecule has 0 radical (unpaired) electrons. The number of hydrogen-bond donors (Lipinski definition) is 3. The van der Waals surface area contributed by atoms with E-state index in [-0.39, 0.29) is 5.56 Å². The van der Waals surface area contributed by atoms with Crippen LogP contribution in [0.15, 0.2) is 12.3 Å². The number of carbonyl (C=O) groups is 1. The quantitative estimate of drug-likeness (QED) is 0.650. The first-order valence-corrected chi connectivity index (χ1v) is 4.61. The third-order valence-electron chi connectivity index (χ3n) is 2.18. The van der Waals surface area contributed by atoms with Gasteiger partial charge in [0.15, 0.2) is 0 Å². The van der Waals surface area contributed by atoms with Crippen LogP contribution in [0.4, 0.5) is 4.39 Å². The van der Waals surface area contributed by atoms with Crippen LogP contribution in [0, 0.1) is 12.9 Å². The number of aromatic nitrogens is 1. The number of pyridine rings is 1. The standard InChI is InChI=1S/C10H12FNO4/c1-5-4-12-8(11)2-6(5)10(16)7(13)3-9(14)15/h2,4,7,10,13,16H,3H2,1H3,(H,14,15). The summed E-state index contributed by atoms with van der Waals surface area (Å²) < 4.78 is 12.8. The molecule has 1 aromatic heterocycles. The van der Waals surface area contributed by atoms with Gasteiger partial charge in [-0.05, 0) is 24.1 Å². The second-order valence-electron chi connectivity index (χ2n) is 3.47. The molecule has 1 aromatic rings. The van der Waals surface area contributed by atoms with Crippen LogP contribution in [0.2, 0.25) is 0 Å². The van der Waals surface area contributed by atoms with Gasteiger partial charge in [-0.2, -0.15) is 4.39 Å². The van der Waals surface area contributed by atoms with Crippen LogP contribution in [-0.2, 0) is 4.79 Å². The smallest absolute Gasteiger partial charge is 0.306 e. The maximum absolute atomic E-state index is 12.8. The van der Waals surface area contributed by atoms with E-state index >= 15 is 0 Å². The Morgan fingerprint density at radius 3 is 2.75 bits per heavy atom. The fourth-order valence-corrected chi connectivity index (χ4v) is 1.33. The first-order valence-electron chi connectivity index (χ1n) is 4.61. The number of aryl methyl sites for hydroxylation is 1. The largest absolute Gasteiger partial charge is 0.481 e. The van der Waals surface area contributed by atoms with Crippen LogP contribution >= 0.6 is 0 Å². The molecule has 0 aliphatic carbocycles. The zero-order chi connectivity index (χ0) is 12.3. The number of rotatable bonds is 4. The van der Waals surface area contributed by atoms with Crippen molar-refractivity contribution in [2.45, 2.75) is 25.6 Å². The number of hydrogen-bond acceptors (Lipinski definition) is 4. The Labute approximate surface area is 91.2 Å². The lowest BCUT2D eigenvalue weighted by molar-refractivity contribution is -0.141. The van der Waals surface area contributed by atoms with Gasteiger partial charge in [0.2, 0.25) is 5.95 Å². The molecule has 0 saturated carbocycles. The van der Waals surface area contributed by atoms with Crippen molar-refractivity contribution in [3.8, 4) is 0 Å².